The highest BCUT2D eigenvalue weighted by molar-refractivity contribution is 5.82. The minimum atomic E-state index is -0.379. The van der Waals surface area contributed by atoms with Gasteiger partial charge in [0.1, 0.15) is 0 Å². The predicted molar refractivity (Wildman–Crippen MR) is 67.8 cm³/mol. The van der Waals surface area contributed by atoms with Crippen LogP contribution in [0.1, 0.15) is 19.8 Å². The summed E-state index contributed by atoms with van der Waals surface area (Å²) < 4.78 is 4.97. The maximum atomic E-state index is 12.2. The molecule has 2 atom stereocenters. The second-order valence-corrected chi connectivity index (χ2v) is 4.88. The Morgan fingerprint density at radius 2 is 2.24 bits per heavy atom. The van der Waals surface area contributed by atoms with Crippen molar-refractivity contribution in [1.82, 2.24) is 9.80 Å². The minimum absolute atomic E-state index is 0.0849. The van der Waals surface area contributed by atoms with Crippen LogP contribution in [0.2, 0.25) is 0 Å². The first-order chi connectivity index (χ1) is 8.06. The monoisotopic (exact) mass is 243 g/mol. The molecule has 0 aromatic rings. The topological polar surface area (TPSA) is 58.8 Å². The normalized spacial score (nSPS) is 23.8. The van der Waals surface area contributed by atoms with Crippen LogP contribution >= 0.6 is 0 Å². The molecule has 1 aliphatic rings. The van der Waals surface area contributed by atoms with Gasteiger partial charge in [-0.25, -0.2) is 0 Å². The van der Waals surface area contributed by atoms with Crippen LogP contribution in [0.5, 0.6) is 0 Å². The van der Waals surface area contributed by atoms with Crippen molar-refractivity contribution in [3.63, 3.8) is 0 Å². The number of nitrogens with zero attached hydrogens (tertiary/aromatic N) is 2. The summed E-state index contributed by atoms with van der Waals surface area (Å²) in [6.45, 7) is 5.39. The van der Waals surface area contributed by atoms with Crippen LogP contribution in [0, 0.1) is 0 Å². The van der Waals surface area contributed by atoms with Crippen LogP contribution in [0.15, 0.2) is 0 Å². The second-order valence-electron chi connectivity index (χ2n) is 4.88. The first-order valence-corrected chi connectivity index (χ1v) is 6.29. The van der Waals surface area contributed by atoms with Crippen LogP contribution in [0.4, 0.5) is 0 Å². The SMILES string of the molecule is COCCCC(N)C(=O)N1CCN(C)CC1C. The van der Waals surface area contributed by atoms with E-state index in [0.29, 0.717) is 13.0 Å². The van der Waals surface area contributed by atoms with Crippen molar-refractivity contribution in [2.24, 2.45) is 5.73 Å². The van der Waals surface area contributed by atoms with E-state index in [1.54, 1.807) is 7.11 Å². The fourth-order valence-electron chi connectivity index (χ4n) is 2.25. The summed E-state index contributed by atoms with van der Waals surface area (Å²) in [7, 11) is 3.74. The number of carbonyl (C=O) groups excluding carboxylic acids is 1. The number of rotatable bonds is 5. The average Bonchev–Trinajstić information content (AvgIpc) is 2.28. The van der Waals surface area contributed by atoms with Gasteiger partial charge in [0.15, 0.2) is 0 Å². The van der Waals surface area contributed by atoms with Gasteiger partial charge in [-0.3, -0.25) is 4.79 Å². The Labute approximate surface area is 104 Å². The highest BCUT2D eigenvalue weighted by Gasteiger charge is 2.28. The molecular weight excluding hydrogens is 218 g/mol. The van der Waals surface area contributed by atoms with E-state index in [0.717, 1.165) is 26.1 Å². The van der Waals surface area contributed by atoms with Crippen molar-refractivity contribution in [1.29, 1.82) is 0 Å². The molecule has 5 nitrogen and oxygen atoms in total. The maximum Gasteiger partial charge on any atom is 0.239 e. The largest absolute Gasteiger partial charge is 0.385 e. The van der Waals surface area contributed by atoms with E-state index in [2.05, 4.69) is 18.9 Å². The molecule has 2 N–H and O–H groups in total. The lowest BCUT2D eigenvalue weighted by Crippen LogP contribution is -2.56. The first-order valence-electron chi connectivity index (χ1n) is 6.29. The number of nitrogens with two attached hydrogens (primary N) is 1. The van der Waals surface area contributed by atoms with Crippen molar-refractivity contribution in [2.45, 2.75) is 31.8 Å². The molecule has 0 aliphatic carbocycles. The molecule has 0 spiro atoms. The summed E-state index contributed by atoms with van der Waals surface area (Å²) in [5.41, 5.74) is 5.93. The van der Waals surface area contributed by atoms with Crippen molar-refractivity contribution < 1.29 is 9.53 Å². The highest BCUT2D eigenvalue weighted by atomic mass is 16.5. The van der Waals surface area contributed by atoms with E-state index in [4.69, 9.17) is 10.5 Å². The van der Waals surface area contributed by atoms with Gasteiger partial charge in [-0.1, -0.05) is 0 Å². The number of likely N-dealkylation sites (N-methyl/N-ethyl adjacent to an activating group) is 1. The number of carbonyl (C=O) groups is 1. The zero-order valence-corrected chi connectivity index (χ0v) is 11.2. The molecule has 1 rings (SSSR count). The van der Waals surface area contributed by atoms with Gasteiger partial charge in [0.2, 0.25) is 5.91 Å². The Morgan fingerprint density at radius 1 is 1.53 bits per heavy atom. The van der Waals surface area contributed by atoms with E-state index in [1.165, 1.54) is 0 Å². The van der Waals surface area contributed by atoms with Gasteiger partial charge in [-0.15, -0.1) is 0 Å². The Hall–Kier alpha value is -0.650. The molecule has 1 fully saturated rings. The fourth-order valence-corrected chi connectivity index (χ4v) is 2.25. The van der Waals surface area contributed by atoms with Gasteiger partial charge in [-0.05, 0) is 26.8 Å². The Balaban J connectivity index is 2.40. The van der Waals surface area contributed by atoms with Crippen LogP contribution in [-0.2, 0) is 9.53 Å². The number of hydrogen-bond acceptors (Lipinski definition) is 4. The molecule has 0 saturated carbocycles. The summed E-state index contributed by atoms with van der Waals surface area (Å²) in [5.74, 6) is 0.0849. The summed E-state index contributed by atoms with van der Waals surface area (Å²) in [5, 5.41) is 0. The molecule has 0 aromatic heterocycles. The molecule has 0 radical (unpaired) electrons. The second kappa shape index (κ2) is 6.93. The standard InChI is InChI=1S/C12H25N3O2/c1-10-9-14(2)6-7-15(10)12(16)11(13)5-4-8-17-3/h10-11H,4-9,13H2,1-3H3. The molecule has 1 aliphatic heterocycles. The fraction of sp³-hybridized carbons (Fsp3) is 0.917. The Morgan fingerprint density at radius 3 is 2.82 bits per heavy atom. The van der Waals surface area contributed by atoms with E-state index in [1.807, 2.05) is 4.90 Å². The number of methoxy groups -OCH3 is 1. The van der Waals surface area contributed by atoms with Gasteiger partial charge in [0, 0.05) is 39.4 Å². The lowest BCUT2D eigenvalue weighted by molar-refractivity contribution is -0.137. The van der Waals surface area contributed by atoms with E-state index in [9.17, 15) is 4.79 Å². The Kier molecular flexibility index (Phi) is 5.88. The van der Waals surface area contributed by atoms with Gasteiger partial charge < -0.3 is 20.3 Å². The van der Waals surface area contributed by atoms with Crippen LogP contribution in [0.3, 0.4) is 0 Å². The van der Waals surface area contributed by atoms with Gasteiger partial charge in [-0.2, -0.15) is 0 Å². The van der Waals surface area contributed by atoms with Crippen LogP contribution < -0.4 is 5.73 Å². The smallest absolute Gasteiger partial charge is 0.239 e. The van der Waals surface area contributed by atoms with Gasteiger partial charge in [0.05, 0.1) is 6.04 Å². The predicted octanol–water partition coefficient (Wildman–Crippen LogP) is -0.0972. The number of ether oxygens (including phenoxy) is 1. The van der Waals surface area contributed by atoms with Gasteiger partial charge in [0.25, 0.3) is 0 Å². The molecule has 1 amide bonds. The van der Waals surface area contributed by atoms with E-state index < -0.39 is 0 Å². The highest BCUT2D eigenvalue weighted by Crippen LogP contribution is 2.10. The first kappa shape index (κ1) is 14.4. The summed E-state index contributed by atoms with van der Waals surface area (Å²) in [6.07, 6.45) is 1.54. The summed E-state index contributed by atoms with van der Waals surface area (Å²) in [4.78, 5) is 16.3. The molecule has 1 saturated heterocycles. The molecule has 17 heavy (non-hydrogen) atoms. The van der Waals surface area contributed by atoms with Crippen LogP contribution in [0.25, 0.3) is 0 Å². The van der Waals surface area contributed by atoms with E-state index in [-0.39, 0.29) is 18.0 Å². The zero-order chi connectivity index (χ0) is 12.8. The van der Waals surface area contributed by atoms with Crippen molar-refractivity contribution in [3.05, 3.63) is 0 Å². The zero-order valence-electron chi connectivity index (χ0n) is 11.2. The number of piperazine rings is 1. The average molecular weight is 243 g/mol. The molecule has 2 unspecified atom stereocenters. The maximum absolute atomic E-state index is 12.2. The third-order valence-corrected chi connectivity index (χ3v) is 3.29. The van der Waals surface area contributed by atoms with E-state index >= 15 is 0 Å². The molecule has 1 heterocycles. The Bertz CT molecular complexity index is 248. The third-order valence-electron chi connectivity index (χ3n) is 3.29. The molecule has 5 heteroatoms. The molecule has 100 valence electrons. The number of amides is 1. The quantitative estimate of drug-likeness (QED) is 0.685. The van der Waals surface area contributed by atoms with Gasteiger partial charge >= 0.3 is 0 Å². The van der Waals surface area contributed by atoms with Crippen LogP contribution in [-0.4, -0.2) is 68.2 Å². The molecule has 0 bridgehead atoms. The lowest BCUT2D eigenvalue weighted by atomic mass is 10.1. The lowest BCUT2D eigenvalue weighted by Gasteiger charge is -2.39. The molecular formula is C12H25N3O2. The summed E-state index contributed by atoms with van der Waals surface area (Å²) >= 11 is 0. The summed E-state index contributed by atoms with van der Waals surface area (Å²) in [6, 6.07) is -0.120. The van der Waals surface area contributed by atoms with Crippen molar-refractivity contribution in [3.8, 4) is 0 Å². The minimum Gasteiger partial charge on any atom is -0.385 e. The molecule has 0 aromatic carbocycles. The van der Waals surface area contributed by atoms with Crippen molar-refractivity contribution in [2.75, 3.05) is 40.4 Å². The number of hydrogen-bond donors (Lipinski definition) is 1. The van der Waals surface area contributed by atoms with Crippen molar-refractivity contribution >= 4 is 5.91 Å². The third kappa shape index (κ3) is 4.26.